The molecule has 0 saturated carbocycles. The van der Waals surface area contributed by atoms with Gasteiger partial charge in [-0.1, -0.05) is 0 Å². The maximum atomic E-state index is 2.59. The van der Waals surface area contributed by atoms with Crippen LogP contribution in [0.4, 0.5) is 0 Å². The van der Waals surface area contributed by atoms with Gasteiger partial charge in [0.2, 0.25) is 0 Å². The molecule has 0 unspecified atom stereocenters. The maximum absolute atomic E-state index is 2.59. The second-order valence-corrected chi connectivity index (χ2v) is 42.4. The third kappa shape index (κ3) is 3.80. The van der Waals surface area contributed by atoms with Crippen LogP contribution >= 0.6 is 0 Å². The van der Waals surface area contributed by atoms with Gasteiger partial charge in [0, 0.05) is 0 Å². The zero-order valence-electron chi connectivity index (χ0n) is 10.0. The molecule has 0 bridgehead atoms. The second-order valence-electron chi connectivity index (χ2n) is 5.81. The normalized spacial score (nSPS) is 14.5. The van der Waals surface area contributed by atoms with Crippen LogP contribution < -0.4 is 0 Å². The summed E-state index contributed by atoms with van der Waals surface area (Å²) in [5.41, 5.74) is 0. The average Bonchev–Trinajstić information content (AvgIpc) is 1.49. The minimum absolute atomic E-state index is 0.479. The van der Waals surface area contributed by atoms with Crippen molar-refractivity contribution in [3.63, 3.8) is 0 Å². The average molecular weight is 264 g/mol. The van der Waals surface area contributed by atoms with E-state index < -0.39 is 26.4 Å². The van der Waals surface area contributed by atoms with Gasteiger partial charge in [-0.2, -0.15) is 0 Å². The summed E-state index contributed by atoms with van der Waals surface area (Å²) >= 11 is -0.479. The number of hydrogen-bond donors (Lipinski definition) is 0. The molecule has 0 heterocycles. The SMILES string of the molecule is CC(C)[As]([Si](C)(C)C)[Si](C)(C)C. The van der Waals surface area contributed by atoms with Crippen LogP contribution in [0.1, 0.15) is 13.8 Å². The van der Waals surface area contributed by atoms with Crippen LogP contribution in [0.15, 0.2) is 0 Å². The zero-order valence-corrected chi connectivity index (χ0v) is 13.9. The van der Waals surface area contributed by atoms with Gasteiger partial charge in [0.05, 0.1) is 0 Å². The van der Waals surface area contributed by atoms with Crippen LogP contribution in [0.25, 0.3) is 0 Å². The molecular formula is C9H25AsSi2. The summed E-state index contributed by atoms with van der Waals surface area (Å²) in [6.07, 6.45) is 0. The monoisotopic (exact) mass is 264 g/mol. The molecule has 0 aliphatic heterocycles. The van der Waals surface area contributed by atoms with Crippen molar-refractivity contribution < 1.29 is 0 Å². The second kappa shape index (κ2) is 4.02. The van der Waals surface area contributed by atoms with Crippen LogP contribution in [0.5, 0.6) is 0 Å². The Morgan fingerprint density at radius 2 is 1.00 bits per heavy atom. The van der Waals surface area contributed by atoms with E-state index in [-0.39, 0.29) is 0 Å². The molecule has 0 atom stereocenters. The third-order valence-corrected chi connectivity index (χ3v) is 51.5. The molecule has 0 amide bonds. The summed E-state index contributed by atoms with van der Waals surface area (Å²) in [6.45, 7) is 18.9. The van der Waals surface area contributed by atoms with E-state index >= 15 is 0 Å². The van der Waals surface area contributed by atoms with Crippen molar-refractivity contribution in [2.75, 3.05) is 0 Å². The van der Waals surface area contributed by atoms with E-state index in [0.29, 0.717) is 0 Å². The Balaban J connectivity index is 4.70. The minimum atomic E-state index is -0.778. The Morgan fingerprint density at radius 3 is 1.00 bits per heavy atom. The molecule has 74 valence electrons. The first-order chi connectivity index (χ1) is 5.07. The van der Waals surface area contributed by atoms with Crippen molar-refractivity contribution in [1.29, 1.82) is 0 Å². The Morgan fingerprint density at radius 1 is 0.750 bits per heavy atom. The van der Waals surface area contributed by atoms with Crippen LogP contribution in [-0.4, -0.2) is 26.4 Å². The van der Waals surface area contributed by atoms with Gasteiger partial charge in [0.25, 0.3) is 0 Å². The molecule has 0 radical (unpaired) electrons. The molecule has 0 rings (SSSR count). The van der Waals surface area contributed by atoms with Gasteiger partial charge in [-0.15, -0.1) is 0 Å². The summed E-state index contributed by atoms with van der Waals surface area (Å²) in [6, 6.07) is 0. The van der Waals surface area contributed by atoms with Gasteiger partial charge in [-0.3, -0.25) is 0 Å². The van der Waals surface area contributed by atoms with Crippen LogP contribution in [-0.2, 0) is 0 Å². The Hall–Kier alpha value is 0.992. The standard InChI is InChI=1S/C9H25AsSi2/c1-9(2)10(11(3,4)5)12(6,7)8/h9H,1-8H3. The first kappa shape index (κ1) is 13.0. The number of rotatable bonds is 3. The molecule has 0 saturated heterocycles. The molecule has 0 aromatic carbocycles. The molecule has 0 aliphatic carbocycles. The molecule has 0 spiro atoms. The Labute approximate surface area is 84.2 Å². The van der Waals surface area contributed by atoms with Crippen molar-refractivity contribution in [2.45, 2.75) is 57.8 Å². The van der Waals surface area contributed by atoms with Crippen LogP contribution in [0.3, 0.4) is 0 Å². The fraction of sp³-hybridized carbons (Fsp3) is 1.00. The van der Waals surface area contributed by atoms with E-state index in [1.165, 1.54) is 0 Å². The Bertz CT molecular complexity index is 128. The summed E-state index contributed by atoms with van der Waals surface area (Å²) in [7, 11) is 0. The van der Waals surface area contributed by atoms with E-state index in [1.54, 1.807) is 0 Å². The third-order valence-electron chi connectivity index (χ3n) is 1.96. The van der Waals surface area contributed by atoms with Crippen LogP contribution in [0.2, 0.25) is 44.0 Å². The van der Waals surface area contributed by atoms with E-state index in [0.717, 1.165) is 4.71 Å². The molecule has 0 nitrogen and oxygen atoms in total. The van der Waals surface area contributed by atoms with Gasteiger partial charge in [-0.05, 0) is 0 Å². The van der Waals surface area contributed by atoms with E-state index in [9.17, 15) is 0 Å². The molecule has 0 aromatic rings. The summed E-state index contributed by atoms with van der Waals surface area (Å²) < 4.78 is 1.04. The van der Waals surface area contributed by atoms with E-state index in [2.05, 4.69) is 53.1 Å². The van der Waals surface area contributed by atoms with Gasteiger partial charge >= 0.3 is 84.2 Å². The predicted octanol–water partition coefficient (Wildman–Crippen LogP) is 3.72. The molecule has 12 heavy (non-hydrogen) atoms. The molecule has 0 aromatic heterocycles. The first-order valence-corrected chi connectivity index (χ1v) is 18.5. The van der Waals surface area contributed by atoms with Crippen molar-refractivity contribution in [1.82, 2.24) is 0 Å². The molecule has 0 N–H and O–H groups in total. The topological polar surface area (TPSA) is 0 Å². The van der Waals surface area contributed by atoms with Crippen molar-refractivity contribution >= 4 is 26.4 Å². The fourth-order valence-electron chi connectivity index (χ4n) is 2.56. The fourth-order valence-corrected chi connectivity index (χ4v) is 71.2. The Kier molecular flexibility index (Phi) is 4.35. The van der Waals surface area contributed by atoms with Crippen molar-refractivity contribution in [3.8, 4) is 0 Å². The van der Waals surface area contributed by atoms with Crippen LogP contribution in [0, 0.1) is 0 Å². The molecular weight excluding hydrogens is 239 g/mol. The number of hydrogen-bond acceptors (Lipinski definition) is 0. The quantitative estimate of drug-likeness (QED) is 0.681. The molecule has 0 aliphatic rings. The van der Waals surface area contributed by atoms with Crippen molar-refractivity contribution in [3.05, 3.63) is 0 Å². The summed E-state index contributed by atoms with van der Waals surface area (Å²) in [5.74, 6) is 0. The van der Waals surface area contributed by atoms with E-state index in [4.69, 9.17) is 0 Å². The van der Waals surface area contributed by atoms with Gasteiger partial charge in [0.1, 0.15) is 0 Å². The summed E-state index contributed by atoms with van der Waals surface area (Å²) in [5, 5.41) is 0. The van der Waals surface area contributed by atoms with Crippen molar-refractivity contribution in [2.24, 2.45) is 0 Å². The predicted molar refractivity (Wildman–Crippen MR) is 67.5 cm³/mol. The first-order valence-electron chi connectivity index (χ1n) is 4.86. The molecule has 3 heteroatoms. The van der Waals surface area contributed by atoms with Gasteiger partial charge < -0.3 is 0 Å². The van der Waals surface area contributed by atoms with Gasteiger partial charge in [-0.25, -0.2) is 0 Å². The van der Waals surface area contributed by atoms with E-state index in [1.807, 2.05) is 0 Å². The zero-order chi connectivity index (χ0) is 10.2. The van der Waals surface area contributed by atoms with Gasteiger partial charge in [0.15, 0.2) is 0 Å². The summed E-state index contributed by atoms with van der Waals surface area (Å²) in [4.78, 5) is 0. The molecule has 0 fully saturated rings.